The van der Waals surface area contributed by atoms with Gasteiger partial charge in [0.25, 0.3) is 0 Å². The number of aromatic nitrogens is 2. The maximum atomic E-state index is 5.91. The lowest BCUT2D eigenvalue weighted by Crippen LogP contribution is -2.14. The molecule has 0 amide bonds. The highest BCUT2D eigenvalue weighted by Gasteiger charge is 2.04. The van der Waals surface area contributed by atoms with E-state index in [2.05, 4.69) is 34.3 Å². The number of hydrogen-bond donors (Lipinski definition) is 2. The molecule has 1 aromatic carbocycles. The van der Waals surface area contributed by atoms with Gasteiger partial charge in [0, 0.05) is 6.54 Å². The summed E-state index contributed by atoms with van der Waals surface area (Å²) in [6, 6.07) is 7.75. The highest BCUT2D eigenvalue weighted by Crippen LogP contribution is 2.18. The van der Waals surface area contributed by atoms with Crippen LogP contribution >= 0.6 is 0 Å². The fraction of sp³-hybridized carbons (Fsp3) is 0.429. The van der Waals surface area contributed by atoms with Gasteiger partial charge < -0.3 is 16.0 Å². The van der Waals surface area contributed by atoms with Crippen LogP contribution < -0.4 is 11.1 Å². The molecule has 5 heteroatoms. The molecule has 1 heterocycles. The van der Waals surface area contributed by atoms with E-state index in [1.165, 1.54) is 0 Å². The average molecular weight is 259 g/mol. The fourth-order valence-electron chi connectivity index (χ4n) is 1.90. The summed E-state index contributed by atoms with van der Waals surface area (Å²) in [5.74, 6) is 1.15. The van der Waals surface area contributed by atoms with Crippen LogP contribution in [0.4, 0.5) is 11.6 Å². The SMILES string of the molecule is CN(C)CCCCNc1nc2ccccc2nc1N. The predicted molar refractivity (Wildman–Crippen MR) is 80.2 cm³/mol. The molecule has 0 radical (unpaired) electrons. The van der Waals surface area contributed by atoms with Crippen LogP contribution in [0, 0.1) is 0 Å². The largest absolute Gasteiger partial charge is 0.381 e. The highest BCUT2D eigenvalue weighted by molar-refractivity contribution is 5.79. The highest BCUT2D eigenvalue weighted by atomic mass is 15.1. The van der Waals surface area contributed by atoms with Gasteiger partial charge in [0.1, 0.15) is 0 Å². The molecule has 0 aliphatic heterocycles. The molecule has 0 saturated heterocycles. The van der Waals surface area contributed by atoms with E-state index in [0.717, 1.165) is 37.0 Å². The van der Waals surface area contributed by atoms with Gasteiger partial charge in [-0.2, -0.15) is 0 Å². The Kier molecular flexibility index (Phi) is 4.52. The van der Waals surface area contributed by atoms with Crippen molar-refractivity contribution in [2.45, 2.75) is 12.8 Å². The Morgan fingerprint density at radius 3 is 2.47 bits per heavy atom. The third-order valence-electron chi connectivity index (χ3n) is 2.92. The number of nitrogens with two attached hydrogens (primary N) is 1. The molecule has 1 aromatic heterocycles. The molecule has 0 unspecified atom stereocenters. The van der Waals surface area contributed by atoms with Crippen LogP contribution in [0.5, 0.6) is 0 Å². The number of hydrogen-bond acceptors (Lipinski definition) is 5. The number of para-hydroxylation sites is 2. The van der Waals surface area contributed by atoms with Gasteiger partial charge in [0.05, 0.1) is 11.0 Å². The van der Waals surface area contributed by atoms with Crippen molar-refractivity contribution >= 4 is 22.7 Å². The van der Waals surface area contributed by atoms with E-state index < -0.39 is 0 Å². The summed E-state index contributed by atoms with van der Waals surface area (Å²) >= 11 is 0. The van der Waals surface area contributed by atoms with E-state index in [4.69, 9.17) is 5.73 Å². The Bertz CT molecular complexity index is 538. The maximum absolute atomic E-state index is 5.91. The van der Waals surface area contributed by atoms with Crippen LogP contribution in [0.25, 0.3) is 11.0 Å². The summed E-state index contributed by atoms with van der Waals surface area (Å²) in [4.78, 5) is 11.0. The third-order valence-corrected chi connectivity index (χ3v) is 2.92. The quantitative estimate of drug-likeness (QED) is 0.776. The second-order valence-corrected chi connectivity index (χ2v) is 4.88. The van der Waals surface area contributed by atoms with Gasteiger partial charge in [-0.05, 0) is 45.6 Å². The summed E-state index contributed by atoms with van der Waals surface area (Å²) in [5, 5.41) is 3.26. The van der Waals surface area contributed by atoms with Crippen molar-refractivity contribution in [2.75, 3.05) is 38.2 Å². The Morgan fingerprint density at radius 2 is 1.79 bits per heavy atom. The Labute approximate surface area is 113 Å². The van der Waals surface area contributed by atoms with Crippen LogP contribution in [-0.4, -0.2) is 42.1 Å². The molecule has 2 aromatic rings. The molecule has 2 rings (SSSR count). The smallest absolute Gasteiger partial charge is 0.169 e. The van der Waals surface area contributed by atoms with Crippen molar-refractivity contribution in [1.82, 2.24) is 14.9 Å². The number of fused-ring (bicyclic) bond motifs is 1. The van der Waals surface area contributed by atoms with Gasteiger partial charge in [-0.1, -0.05) is 12.1 Å². The first-order chi connectivity index (χ1) is 9.16. The van der Waals surface area contributed by atoms with E-state index in [1.54, 1.807) is 0 Å². The van der Waals surface area contributed by atoms with Gasteiger partial charge in [0.15, 0.2) is 11.6 Å². The lowest BCUT2D eigenvalue weighted by Gasteiger charge is -2.11. The van der Waals surface area contributed by atoms with Crippen LogP contribution in [0.3, 0.4) is 0 Å². The Balaban J connectivity index is 1.95. The van der Waals surface area contributed by atoms with Crippen LogP contribution in [-0.2, 0) is 0 Å². The van der Waals surface area contributed by atoms with E-state index in [9.17, 15) is 0 Å². The van der Waals surface area contributed by atoms with Gasteiger partial charge in [-0.3, -0.25) is 0 Å². The second-order valence-electron chi connectivity index (χ2n) is 4.88. The van der Waals surface area contributed by atoms with Crippen molar-refractivity contribution in [3.63, 3.8) is 0 Å². The standard InChI is InChI=1S/C14H21N5/c1-19(2)10-6-5-9-16-14-13(15)17-11-7-3-4-8-12(11)18-14/h3-4,7-8H,5-6,9-10H2,1-2H3,(H2,15,17)(H,16,18). The number of benzene rings is 1. The monoisotopic (exact) mass is 259 g/mol. The first-order valence-corrected chi connectivity index (χ1v) is 6.57. The number of nitrogens with one attached hydrogen (secondary N) is 1. The zero-order chi connectivity index (χ0) is 13.7. The maximum Gasteiger partial charge on any atom is 0.169 e. The van der Waals surface area contributed by atoms with E-state index in [-0.39, 0.29) is 0 Å². The van der Waals surface area contributed by atoms with Gasteiger partial charge in [0.2, 0.25) is 0 Å². The lowest BCUT2D eigenvalue weighted by molar-refractivity contribution is 0.396. The molecule has 0 atom stereocenters. The molecule has 0 bridgehead atoms. The van der Waals surface area contributed by atoms with E-state index >= 15 is 0 Å². The van der Waals surface area contributed by atoms with Gasteiger partial charge >= 0.3 is 0 Å². The number of nitrogen functional groups attached to an aromatic ring is 1. The summed E-state index contributed by atoms with van der Waals surface area (Å²) < 4.78 is 0. The minimum atomic E-state index is 0.464. The fourth-order valence-corrected chi connectivity index (χ4v) is 1.90. The van der Waals surface area contributed by atoms with Crippen molar-refractivity contribution in [2.24, 2.45) is 0 Å². The summed E-state index contributed by atoms with van der Waals surface area (Å²) in [6.45, 7) is 1.96. The number of nitrogens with zero attached hydrogens (tertiary/aromatic N) is 3. The Morgan fingerprint density at radius 1 is 1.11 bits per heavy atom. The Hall–Kier alpha value is -1.88. The first kappa shape index (κ1) is 13.5. The molecule has 0 fully saturated rings. The summed E-state index contributed by atoms with van der Waals surface area (Å²) in [6.07, 6.45) is 2.24. The molecule has 0 aliphatic rings. The molecule has 5 nitrogen and oxygen atoms in total. The van der Waals surface area contributed by atoms with E-state index in [0.29, 0.717) is 11.6 Å². The normalized spacial score (nSPS) is 11.1. The molecular formula is C14H21N5. The summed E-state index contributed by atoms with van der Waals surface area (Å²) in [5.41, 5.74) is 7.60. The molecule has 0 saturated carbocycles. The summed E-state index contributed by atoms with van der Waals surface area (Å²) in [7, 11) is 4.17. The molecular weight excluding hydrogens is 238 g/mol. The van der Waals surface area contributed by atoms with Gasteiger partial charge in [-0.25, -0.2) is 9.97 Å². The molecule has 0 aliphatic carbocycles. The first-order valence-electron chi connectivity index (χ1n) is 6.57. The molecule has 102 valence electrons. The zero-order valence-corrected chi connectivity index (χ0v) is 11.6. The van der Waals surface area contributed by atoms with Crippen molar-refractivity contribution in [3.8, 4) is 0 Å². The number of unbranched alkanes of at least 4 members (excludes halogenated alkanes) is 1. The predicted octanol–water partition coefficient (Wildman–Crippen LogP) is 1.97. The lowest BCUT2D eigenvalue weighted by atomic mass is 10.3. The average Bonchev–Trinajstić information content (AvgIpc) is 2.38. The van der Waals surface area contributed by atoms with Crippen LogP contribution in [0.1, 0.15) is 12.8 Å². The molecule has 19 heavy (non-hydrogen) atoms. The van der Waals surface area contributed by atoms with Crippen molar-refractivity contribution < 1.29 is 0 Å². The van der Waals surface area contributed by atoms with E-state index in [1.807, 2.05) is 24.3 Å². The third kappa shape index (κ3) is 3.79. The van der Waals surface area contributed by atoms with Crippen molar-refractivity contribution in [3.05, 3.63) is 24.3 Å². The van der Waals surface area contributed by atoms with Gasteiger partial charge in [-0.15, -0.1) is 0 Å². The number of anilines is 2. The molecule has 0 spiro atoms. The second kappa shape index (κ2) is 6.33. The zero-order valence-electron chi connectivity index (χ0n) is 11.6. The minimum Gasteiger partial charge on any atom is -0.381 e. The van der Waals surface area contributed by atoms with Crippen molar-refractivity contribution in [1.29, 1.82) is 0 Å². The molecule has 3 N–H and O–H groups in total. The number of rotatable bonds is 6. The minimum absolute atomic E-state index is 0.464. The topological polar surface area (TPSA) is 67.1 Å². The van der Waals surface area contributed by atoms with Crippen LogP contribution in [0.2, 0.25) is 0 Å². The van der Waals surface area contributed by atoms with Crippen LogP contribution in [0.15, 0.2) is 24.3 Å².